The van der Waals surface area contributed by atoms with Gasteiger partial charge in [0.15, 0.2) is 6.10 Å². The summed E-state index contributed by atoms with van der Waals surface area (Å²) in [6, 6.07) is 7.95. The van der Waals surface area contributed by atoms with Gasteiger partial charge in [0.25, 0.3) is 0 Å². The monoisotopic (exact) mass is 293 g/mol. The molecule has 1 aromatic carbocycles. The molecule has 0 bridgehead atoms. The Labute approximate surface area is 125 Å². The predicted molar refractivity (Wildman–Crippen MR) is 80.2 cm³/mol. The lowest BCUT2D eigenvalue weighted by Gasteiger charge is -2.11. The third-order valence-corrected chi connectivity index (χ3v) is 3.25. The van der Waals surface area contributed by atoms with Gasteiger partial charge < -0.3 is 15.2 Å². The molecule has 2 N–H and O–H groups in total. The number of carbonyl (C=O) groups is 2. The van der Waals surface area contributed by atoms with Gasteiger partial charge in [-0.15, -0.1) is 0 Å². The van der Waals surface area contributed by atoms with E-state index in [0.29, 0.717) is 0 Å². The van der Waals surface area contributed by atoms with Gasteiger partial charge in [-0.1, -0.05) is 37.6 Å². The van der Waals surface area contributed by atoms with Gasteiger partial charge in [-0.05, 0) is 24.0 Å². The molecule has 0 fully saturated rings. The van der Waals surface area contributed by atoms with Crippen LogP contribution in [0.25, 0.3) is 0 Å². The summed E-state index contributed by atoms with van der Waals surface area (Å²) in [5, 5.41) is 11.4. The molecule has 1 atom stereocenters. The molecule has 0 spiro atoms. The number of unbranched alkanes of at least 4 members (excludes halogenated alkanes) is 1. The number of aliphatic carboxylic acids is 1. The SMILES string of the molecule is CCCCc1ccc(CC(=O)NCC(OC)C(=O)O)cc1. The van der Waals surface area contributed by atoms with Gasteiger partial charge in [0.05, 0.1) is 13.0 Å². The number of ether oxygens (including phenoxy) is 1. The summed E-state index contributed by atoms with van der Waals surface area (Å²) in [7, 11) is 1.31. The maximum Gasteiger partial charge on any atom is 0.334 e. The Bertz CT molecular complexity index is 456. The fraction of sp³-hybridized carbons (Fsp3) is 0.500. The fourth-order valence-corrected chi connectivity index (χ4v) is 1.93. The highest BCUT2D eigenvalue weighted by Crippen LogP contribution is 2.08. The summed E-state index contributed by atoms with van der Waals surface area (Å²) in [6.07, 6.45) is 2.61. The number of rotatable bonds is 9. The number of nitrogens with one attached hydrogen (secondary N) is 1. The Balaban J connectivity index is 2.42. The minimum Gasteiger partial charge on any atom is -0.479 e. The quantitative estimate of drug-likeness (QED) is 0.728. The number of hydrogen-bond acceptors (Lipinski definition) is 3. The van der Waals surface area contributed by atoms with E-state index in [1.54, 1.807) is 0 Å². The number of carboxylic acids is 1. The van der Waals surface area contributed by atoms with Crippen molar-refractivity contribution in [2.24, 2.45) is 0 Å². The molecule has 1 rings (SSSR count). The molecule has 116 valence electrons. The minimum atomic E-state index is -1.09. The second-order valence-electron chi connectivity index (χ2n) is 4.96. The van der Waals surface area contributed by atoms with Gasteiger partial charge in [-0.25, -0.2) is 4.79 Å². The van der Waals surface area contributed by atoms with Gasteiger partial charge in [0.2, 0.25) is 5.91 Å². The highest BCUT2D eigenvalue weighted by Gasteiger charge is 2.17. The molecule has 21 heavy (non-hydrogen) atoms. The maximum atomic E-state index is 11.8. The third-order valence-electron chi connectivity index (χ3n) is 3.25. The number of carbonyl (C=O) groups excluding carboxylic acids is 1. The van der Waals surface area contributed by atoms with Crippen LogP contribution in [0.5, 0.6) is 0 Å². The van der Waals surface area contributed by atoms with Gasteiger partial charge >= 0.3 is 5.97 Å². The van der Waals surface area contributed by atoms with Crippen LogP contribution in [0.15, 0.2) is 24.3 Å². The van der Waals surface area contributed by atoms with E-state index in [-0.39, 0.29) is 18.9 Å². The van der Waals surface area contributed by atoms with Crippen molar-refractivity contribution in [1.29, 1.82) is 0 Å². The molecule has 0 saturated heterocycles. The molecule has 0 aliphatic carbocycles. The van der Waals surface area contributed by atoms with Gasteiger partial charge in [0, 0.05) is 7.11 Å². The highest BCUT2D eigenvalue weighted by atomic mass is 16.5. The van der Waals surface area contributed by atoms with Crippen molar-refractivity contribution in [2.75, 3.05) is 13.7 Å². The van der Waals surface area contributed by atoms with E-state index in [1.807, 2.05) is 24.3 Å². The van der Waals surface area contributed by atoms with Crippen LogP contribution in [0.1, 0.15) is 30.9 Å². The lowest BCUT2D eigenvalue weighted by Crippen LogP contribution is -2.38. The van der Waals surface area contributed by atoms with Crippen molar-refractivity contribution < 1.29 is 19.4 Å². The number of amides is 1. The van der Waals surface area contributed by atoms with Crippen LogP contribution in [-0.4, -0.2) is 36.7 Å². The summed E-state index contributed by atoms with van der Waals surface area (Å²) >= 11 is 0. The fourth-order valence-electron chi connectivity index (χ4n) is 1.93. The first-order valence-electron chi connectivity index (χ1n) is 7.17. The molecule has 0 aliphatic heterocycles. The minimum absolute atomic E-state index is 0.0285. The van der Waals surface area contributed by atoms with E-state index in [9.17, 15) is 9.59 Å². The van der Waals surface area contributed by atoms with Crippen LogP contribution in [0.4, 0.5) is 0 Å². The largest absolute Gasteiger partial charge is 0.479 e. The molecule has 0 heterocycles. The van der Waals surface area contributed by atoms with Gasteiger partial charge in [-0.3, -0.25) is 4.79 Å². The Morgan fingerprint density at radius 2 is 1.86 bits per heavy atom. The number of methoxy groups -OCH3 is 1. The van der Waals surface area contributed by atoms with Crippen molar-refractivity contribution in [3.05, 3.63) is 35.4 Å². The molecule has 0 aliphatic rings. The average Bonchev–Trinajstić information content (AvgIpc) is 2.47. The zero-order chi connectivity index (χ0) is 15.7. The highest BCUT2D eigenvalue weighted by molar-refractivity contribution is 5.80. The molecule has 1 aromatic rings. The second kappa shape index (κ2) is 9.13. The zero-order valence-corrected chi connectivity index (χ0v) is 12.6. The van der Waals surface area contributed by atoms with E-state index < -0.39 is 12.1 Å². The standard InChI is InChI=1S/C16H23NO4/c1-3-4-5-12-6-8-13(9-7-12)10-15(18)17-11-14(21-2)16(19)20/h6-9,14H,3-5,10-11H2,1-2H3,(H,17,18)(H,19,20). The van der Waals surface area contributed by atoms with Gasteiger partial charge in [0.1, 0.15) is 0 Å². The maximum absolute atomic E-state index is 11.8. The van der Waals surface area contributed by atoms with Crippen LogP contribution in [0, 0.1) is 0 Å². The van der Waals surface area contributed by atoms with Crippen LogP contribution < -0.4 is 5.32 Å². The van der Waals surface area contributed by atoms with Gasteiger partial charge in [-0.2, -0.15) is 0 Å². The Hall–Kier alpha value is -1.88. The van der Waals surface area contributed by atoms with Crippen molar-refractivity contribution >= 4 is 11.9 Å². The molecular weight excluding hydrogens is 270 g/mol. The molecular formula is C16H23NO4. The first-order chi connectivity index (χ1) is 10.1. The summed E-state index contributed by atoms with van der Waals surface area (Å²) in [4.78, 5) is 22.5. The number of carboxylic acid groups (broad SMARTS) is 1. The first-order valence-corrected chi connectivity index (χ1v) is 7.17. The van der Waals surface area contributed by atoms with E-state index in [2.05, 4.69) is 12.2 Å². The van der Waals surface area contributed by atoms with E-state index in [1.165, 1.54) is 12.7 Å². The molecule has 5 heteroatoms. The summed E-state index contributed by atoms with van der Waals surface area (Å²) in [5.41, 5.74) is 2.18. The molecule has 5 nitrogen and oxygen atoms in total. The Morgan fingerprint density at radius 1 is 1.24 bits per heavy atom. The lowest BCUT2D eigenvalue weighted by molar-refractivity contribution is -0.148. The lowest BCUT2D eigenvalue weighted by atomic mass is 10.0. The second-order valence-corrected chi connectivity index (χ2v) is 4.96. The summed E-state index contributed by atoms with van der Waals surface area (Å²) in [6.45, 7) is 2.13. The zero-order valence-electron chi connectivity index (χ0n) is 12.6. The van der Waals surface area contributed by atoms with Crippen LogP contribution in [0.2, 0.25) is 0 Å². The third kappa shape index (κ3) is 6.40. The normalized spacial score (nSPS) is 11.9. The average molecular weight is 293 g/mol. The first kappa shape index (κ1) is 17.2. The van der Waals surface area contributed by atoms with Crippen molar-refractivity contribution in [1.82, 2.24) is 5.32 Å². The summed E-state index contributed by atoms with van der Waals surface area (Å²) in [5.74, 6) is -1.29. The van der Waals surface area contributed by atoms with Crippen LogP contribution in [-0.2, 0) is 27.2 Å². The number of hydrogen-bond donors (Lipinski definition) is 2. The number of benzene rings is 1. The smallest absolute Gasteiger partial charge is 0.334 e. The topological polar surface area (TPSA) is 75.6 Å². The Kier molecular flexibility index (Phi) is 7.46. The molecule has 1 amide bonds. The molecule has 1 unspecified atom stereocenters. The van der Waals surface area contributed by atoms with Crippen LogP contribution >= 0.6 is 0 Å². The van der Waals surface area contributed by atoms with Crippen molar-refractivity contribution in [3.8, 4) is 0 Å². The number of aryl methyl sites for hydroxylation is 1. The molecule has 0 radical (unpaired) electrons. The molecule has 0 saturated carbocycles. The van der Waals surface area contributed by atoms with E-state index >= 15 is 0 Å². The predicted octanol–water partition coefficient (Wildman–Crippen LogP) is 1.79. The Morgan fingerprint density at radius 3 is 2.38 bits per heavy atom. The van der Waals surface area contributed by atoms with Crippen molar-refractivity contribution in [3.63, 3.8) is 0 Å². The molecule has 0 aromatic heterocycles. The van der Waals surface area contributed by atoms with Crippen LogP contribution in [0.3, 0.4) is 0 Å². The van der Waals surface area contributed by atoms with Crippen molar-refractivity contribution in [2.45, 2.75) is 38.7 Å². The summed E-state index contributed by atoms with van der Waals surface area (Å²) < 4.78 is 4.75. The van der Waals surface area contributed by atoms with E-state index in [4.69, 9.17) is 9.84 Å². The van der Waals surface area contributed by atoms with E-state index in [0.717, 1.165) is 24.8 Å².